The van der Waals surface area contributed by atoms with E-state index in [9.17, 15) is 9.59 Å². The first-order valence-corrected chi connectivity index (χ1v) is 10.8. The second kappa shape index (κ2) is 8.05. The third kappa shape index (κ3) is 3.82. The van der Waals surface area contributed by atoms with Gasteiger partial charge < -0.3 is 15.5 Å². The molecule has 7 heteroatoms. The van der Waals surface area contributed by atoms with E-state index in [-0.39, 0.29) is 17.9 Å². The fourth-order valence-electron chi connectivity index (χ4n) is 4.97. The highest BCUT2D eigenvalue weighted by Gasteiger charge is 2.48. The van der Waals surface area contributed by atoms with Gasteiger partial charge in [-0.25, -0.2) is 4.79 Å². The Kier molecular flexibility index (Phi) is 5.48. The molecule has 1 aliphatic carbocycles. The fraction of sp³-hybridized carbons (Fsp3) is 0.591. The van der Waals surface area contributed by atoms with Gasteiger partial charge in [-0.3, -0.25) is 15.1 Å². The Morgan fingerprint density at radius 1 is 1.24 bits per heavy atom. The molecule has 3 amide bonds. The van der Waals surface area contributed by atoms with Crippen molar-refractivity contribution in [1.82, 2.24) is 20.9 Å². The Hall–Kier alpha value is -2.57. The van der Waals surface area contributed by atoms with E-state index in [1.54, 1.807) is 0 Å². The largest absolute Gasteiger partial charge is 0.357 e. The molecule has 2 saturated heterocycles. The number of imide groups is 1. The Morgan fingerprint density at radius 2 is 2.00 bits per heavy atom. The first-order valence-electron chi connectivity index (χ1n) is 10.8. The normalized spacial score (nSPS) is 27.6. The molecule has 3 aliphatic rings. The van der Waals surface area contributed by atoms with Crippen LogP contribution in [0.3, 0.4) is 0 Å². The van der Waals surface area contributed by atoms with Crippen LogP contribution in [0.15, 0.2) is 29.3 Å². The first-order chi connectivity index (χ1) is 14.0. The third-order valence-electron chi connectivity index (χ3n) is 6.74. The van der Waals surface area contributed by atoms with E-state index in [1.807, 2.05) is 6.92 Å². The van der Waals surface area contributed by atoms with Crippen molar-refractivity contribution in [2.45, 2.75) is 51.0 Å². The van der Waals surface area contributed by atoms with Crippen LogP contribution in [0.4, 0.5) is 4.79 Å². The number of likely N-dealkylation sites (tertiary alicyclic amines) is 1. The van der Waals surface area contributed by atoms with Crippen molar-refractivity contribution < 1.29 is 9.59 Å². The summed E-state index contributed by atoms with van der Waals surface area (Å²) in [5.74, 6) is 1.38. The molecule has 29 heavy (non-hydrogen) atoms. The van der Waals surface area contributed by atoms with Crippen LogP contribution in [0.2, 0.25) is 0 Å². The molecule has 0 spiro atoms. The number of guanidine groups is 1. The summed E-state index contributed by atoms with van der Waals surface area (Å²) >= 11 is 0. The predicted molar refractivity (Wildman–Crippen MR) is 113 cm³/mol. The van der Waals surface area contributed by atoms with Crippen molar-refractivity contribution in [1.29, 1.82) is 0 Å². The van der Waals surface area contributed by atoms with Crippen molar-refractivity contribution >= 4 is 17.9 Å². The van der Waals surface area contributed by atoms with Crippen LogP contribution in [0.25, 0.3) is 0 Å². The maximum absolute atomic E-state index is 12.2. The Bertz CT molecular complexity index is 815. The van der Waals surface area contributed by atoms with E-state index in [1.165, 1.54) is 11.1 Å². The highest BCUT2D eigenvalue weighted by Crippen LogP contribution is 2.33. The average molecular weight is 398 g/mol. The van der Waals surface area contributed by atoms with Crippen LogP contribution < -0.4 is 16.0 Å². The molecule has 0 saturated carbocycles. The number of urea groups is 1. The van der Waals surface area contributed by atoms with Crippen molar-refractivity contribution in [2.75, 3.05) is 26.2 Å². The number of hydrogen-bond donors (Lipinski definition) is 3. The van der Waals surface area contributed by atoms with Crippen molar-refractivity contribution in [3.8, 4) is 0 Å². The molecule has 0 aromatic heterocycles. The van der Waals surface area contributed by atoms with Crippen LogP contribution in [-0.2, 0) is 11.2 Å². The summed E-state index contributed by atoms with van der Waals surface area (Å²) in [4.78, 5) is 31.1. The van der Waals surface area contributed by atoms with Gasteiger partial charge in [0.05, 0.1) is 0 Å². The van der Waals surface area contributed by atoms with E-state index in [0.29, 0.717) is 5.92 Å². The number of piperidine rings is 1. The number of rotatable bonds is 4. The summed E-state index contributed by atoms with van der Waals surface area (Å²) in [7, 11) is 0. The monoisotopic (exact) mass is 397 g/mol. The number of carbonyl (C=O) groups excluding carboxylic acids is 2. The maximum Gasteiger partial charge on any atom is 0.322 e. The predicted octanol–water partition coefficient (Wildman–Crippen LogP) is 1.99. The lowest BCUT2D eigenvalue weighted by Gasteiger charge is -2.39. The summed E-state index contributed by atoms with van der Waals surface area (Å²) in [6.07, 6.45) is 4.00. The number of fused-ring (bicyclic) bond motifs is 1. The minimum absolute atomic E-state index is 0.134. The van der Waals surface area contributed by atoms with E-state index in [0.717, 1.165) is 57.8 Å². The first kappa shape index (κ1) is 19.7. The zero-order chi connectivity index (χ0) is 20.4. The number of aryl methyl sites for hydroxylation is 1. The van der Waals surface area contributed by atoms with E-state index in [2.05, 4.69) is 52.0 Å². The molecule has 2 fully saturated rings. The van der Waals surface area contributed by atoms with Crippen molar-refractivity contribution in [2.24, 2.45) is 10.9 Å². The van der Waals surface area contributed by atoms with Crippen LogP contribution in [0, 0.1) is 5.92 Å². The highest BCUT2D eigenvalue weighted by atomic mass is 16.2. The standard InChI is InChI=1S/C22H31N5O2/c1-3-23-20(24-14-16-9-8-15-6-4-5-7-18(15)16)27-12-10-17(11-13-27)22(2)19(28)25-21(29)26-22/h4-7,16-17H,3,8-14H2,1-2H3,(H,23,24)(H2,25,26,28,29). The Balaban J connectivity index is 1.39. The molecular weight excluding hydrogens is 366 g/mol. The van der Waals surface area contributed by atoms with Crippen LogP contribution in [0.5, 0.6) is 0 Å². The van der Waals surface area contributed by atoms with Crippen molar-refractivity contribution in [3.63, 3.8) is 0 Å². The van der Waals surface area contributed by atoms with Crippen LogP contribution in [0.1, 0.15) is 50.2 Å². The molecule has 2 atom stereocenters. The SMILES string of the molecule is CCNC(=NCC1CCc2ccccc21)N1CCC(C2(C)NC(=O)NC2=O)CC1. The maximum atomic E-state index is 12.2. The van der Waals surface area contributed by atoms with Gasteiger partial charge in [-0.05, 0) is 56.6 Å². The Morgan fingerprint density at radius 3 is 2.69 bits per heavy atom. The lowest BCUT2D eigenvalue weighted by Crippen LogP contribution is -2.55. The number of aliphatic imine (C=N–C) groups is 1. The third-order valence-corrected chi connectivity index (χ3v) is 6.74. The van der Waals surface area contributed by atoms with E-state index < -0.39 is 5.54 Å². The van der Waals surface area contributed by atoms with Crippen LogP contribution >= 0.6 is 0 Å². The molecule has 156 valence electrons. The topological polar surface area (TPSA) is 85.8 Å². The van der Waals surface area contributed by atoms with Gasteiger partial charge in [0.15, 0.2) is 5.96 Å². The molecule has 0 radical (unpaired) electrons. The quantitative estimate of drug-likeness (QED) is 0.412. The highest BCUT2D eigenvalue weighted by molar-refractivity contribution is 6.07. The Labute approximate surface area is 172 Å². The molecular formula is C22H31N5O2. The second-order valence-corrected chi connectivity index (χ2v) is 8.50. The smallest absolute Gasteiger partial charge is 0.322 e. The van der Waals surface area contributed by atoms with Gasteiger partial charge in [-0.15, -0.1) is 0 Å². The summed E-state index contributed by atoms with van der Waals surface area (Å²) in [5.41, 5.74) is 2.11. The van der Waals surface area contributed by atoms with Gasteiger partial charge in [-0.1, -0.05) is 24.3 Å². The molecule has 2 aliphatic heterocycles. The zero-order valence-corrected chi connectivity index (χ0v) is 17.3. The molecule has 2 heterocycles. The summed E-state index contributed by atoms with van der Waals surface area (Å²) < 4.78 is 0. The molecule has 7 nitrogen and oxygen atoms in total. The average Bonchev–Trinajstić information content (AvgIpc) is 3.25. The fourth-order valence-corrected chi connectivity index (χ4v) is 4.97. The minimum Gasteiger partial charge on any atom is -0.357 e. The zero-order valence-electron chi connectivity index (χ0n) is 17.3. The number of nitrogens with zero attached hydrogens (tertiary/aromatic N) is 2. The van der Waals surface area contributed by atoms with E-state index >= 15 is 0 Å². The number of benzene rings is 1. The van der Waals surface area contributed by atoms with Crippen LogP contribution in [-0.4, -0.2) is 54.5 Å². The molecule has 1 aromatic rings. The van der Waals surface area contributed by atoms with Gasteiger partial charge in [0.2, 0.25) is 0 Å². The number of carbonyl (C=O) groups is 2. The number of amides is 3. The van der Waals surface area contributed by atoms with Gasteiger partial charge in [0.1, 0.15) is 5.54 Å². The van der Waals surface area contributed by atoms with Crippen molar-refractivity contribution in [3.05, 3.63) is 35.4 Å². The van der Waals surface area contributed by atoms with Gasteiger partial charge in [0, 0.05) is 32.1 Å². The van der Waals surface area contributed by atoms with Gasteiger partial charge >= 0.3 is 6.03 Å². The number of nitrogens with one attached hydrogen (secondary N) is 3. The lowest BCUT2D eigenvalue weighted by atomic mass is 9.79. The lowest BCUT2D eigenvalue weighted by molar-refractivity contribution is -0.125. The molecule has 3 N–H and O–H groups in total. The molecule has 1 aromatic carbocycles. The summed E-state index contributed by atoms with van der Waals surface area (Å²) in [6.45, 7) is 7.22. The number of hydrogen-bond acceptors (Lipinski definition) is 3. The van der Waals surface area contributed by atoms with Gasteiger partial charge in [0.25, 0.3) is 5.91 Å². The second-order valence-electron chi connectivity index (χ2n) is 8.50. The summed E-state index contributed by atoms with van der Waals surface area (Å²) in [6, 6.07) is 8.32. The minimum atomic E-state index is -0.799. The van der Waals surface area contributed by atoms with E-state index in [4.69, 9.17) is 4.99 Å². The molecule has 2 unspecified atom stereocenters. The van der Waals surface area contributed by atoms with Gasteiger partial charge in [-0.2, -0.15) is 0 Å². The molecule has 4 rings (SSSR count). The molecule has 0 bridgehead atoms. The summed E-state index contributed by atoms with van der Waals surface area (Å²) in [5, 5.41) is 8.64.